The number of rotatable bonds is 7. The number of nitrogens with zero attached hydrogens (tertiary/aromatic N) is 5. The van der Waals surface area contributed by atoms with Gasteiger partial charge in [0.2, 0.25) is 5.82 Å². The molecule has 0 spiro atoms. The Morgan fingerprint density at radius 3 is 2.38 bits per heavy atom. The third-order valence-electron chi connectivity index (χ3n) is 6.40. The molecule has 1 aromatic carbocycles. The maximum Gasteiger partial charge on any atom is 0.451 e. The maximum atomic E-state index is 14.6. The highest BCUT2D eigenvalue weighted by Gasteiger charge is 2.49. The zero-order valence-electron chi connectivity index (χ0n) is 20.2. The number of aromatic nitrogens is 3. The van der Waals surface area contributed by atoms with Gasteiger partial charge in [0.1, 0.15) is 12.0 Å². The van der Waals surface area contributed by atoms with Crippen LogP contribution in [-0.4, -0.2) is 51.7 Å². The first-order valence-electron chi connectivity index (χ1n) is 11.6. The molecule has 1 aliphatic heterocycles. The molecule has 8 nitrogen and oxygen atoms in total. The molecule has 3 heterocycles. The van der Waals surface area contributed by atoms with Gasteiger partial charge >= 0.3 is 6.18 Å². The Hall–Kier alpha value is -3.83. The van der Waals surface area contributed by atoms with E-state index in [0.717, 1.165) is 28.8 Å². The number of hydrogen-bond donors (Lipinski definition) is 0. The Bertz CT molecular complexity index is 1520. The van der Waals surface area contributed by atoms with Gasteiger partial charge in [-0.2, -0.15) is 22.7 Å². The van der Waals surface area contributed by atoms with Crippen LogP contribution in [0.25, 0.3) is 11.1 Å². The molecular weight excluding hydrogens is 545 g/mol. The molecule has 14 heteroatoms. The normalized spacial score (nSPS) is 20.1. The number of aryl methyl sites for hydroxylation is 1. The average molecular weight is 566 g/mol. The number of hydrogen-bond acceptors (Lipinski definition) is 7. The predicted molar refractivity (Wildman–Crippen MR) is 126 cm³/mol. The molecule has 204 valence electrons. The molecule has 3 atom stereocenters. The third-order valence-corrected chi connectivity index (χ3v) is 8.31. The van der Waals surface area contributed by atoms with Crippen LogP contribution >= 0.6 is 0 Å². The molecule has 1 aliphatic rings. The quantitative estimate of drug-likeness (QED) is 0.393. The van der Waals surface area contributed by atoms with Crippen molar-refractivity contribution in [2.75, 3.05) is 0 Å². The van der Waals surface area contributed by atoms with Gasteiger partial charge in [-0.3, -0.25) is 4.79 Å². The monoisotopic (exact) mass is 565 g/mol. The summed E-state index contributed by atoms with van der Waals surface area (Å²) in [5, 5.41) is 8.96. The average Bonchev–Trinajstić information content (AvgIpc) is 3.21. The van der Waals surface area contributed by atoms with Crippen molar-refractivity contribution in [1.29, 1.82) is 5.26 Å². The maximum absolute atomic E-state index is 14.6. The lowest BCUT2D eigenvalue weighted by molar-refractivity contribution is -0.145. The van der Waals surface area contributed by atoms with Crippen molar-refractivity contribution >= 4 is 15.8 Å². The van der Waals surface area contributed by atoms with Crippen molar-refractivity contribution in [2.24, 2.45) is 0 Å². The molecule has 0 radical (unpaired) electrons. The van der Waals surface area contributed by atoms with Gasteiger partial charge in [-0.25, -0.2) is 32.2 Å². The van der Waals surface area contributed by atoms with Gasteiger partial charge in [0.25, 0.3) is 10.0 Å². The van der Waals surface area contributed by atoms with Gasteiger partial charge in [0.05, 0.1) is 29.9 Å². The number of ketones is 1. The van der Waals surface area contributed by atoms with E-state index in [-0.39, 0.29) is 30.4 Å². The molecule has 0 unspecified atom stereocenters. The summed E-state index contributed by atoms with van der Waals surface area (Å²) in [7, 11) is -4.44. The lowest BCUT2D eigenvalue weighted by atomic mass is 9.96. The minimum Gasteiger partial charge on any atom is -0.298 e. The number of alkyl halides is 4. The van der Waals surface area contributed by atoms with E-state index in [1.54, 1.807) is 0 Å². The second-order valence-corrected chi connectivity index (χ2v) is 10.7. The van der Waals surface area contributed by atoms with Crippen LogP contribution in [0.4, 0.5) is 22.0 Å². The van der Waals surface area contributed by atoms with Crippen molar-refractivity contribution in [1.82, 2.24) is 19.3 Å². The number of pyridine rings is 1. The van der Waals surface area contributed by atoms with E-state index in [0.29, 0.717) is 17.3 Å². The molecule has 39 heavy (non-hydrogen) atoms. The fourth-order valence-electron chi connectivity index (χ4n) is 4.38. The van der Waals surface area contributed by atoms with Gasteiger partial charge in [-0.1, -0.05) is 6.07 Å². The number of benzene rings is 1. The summed E-state index contributed by atoms with van der Waals surface area (Å²) < 4.78 is 93.3. The molecule has 2 aromatic heterocycles. The summed E-state index contributed by atoms with van der Waals surface area (Å²) in [6, 6.07) is 5.70. The second kappa shape index (κ2) is 10.7. The first-order chi connectivity index (χ1) is 18.3. The summed E-state index contributed by atoms with van der Waals surface area (Å²) in [4.78, 5) is 23.4. The predicted octanol–water partition coefficient (Wildman–Crippen LogP) is 4.26. The minimum absolute atomic E-state index is 0.0262. The molecule has 1 fully saturated rings. The lowest BCUT2D eigenvalue weighted by Crippen LogP contribution is -2.45. The Labute approximate surface area is 220 Å². The Kier molecular flexibility index (Phi) is 7.76. The van der Waals surface area contributed by atoms with Crippen molar-refractivity contribution in [2.45, 2.75) is 55.6 Å². The molecular formula is C25H20F5N5O3S. The van der Waals surface area contributed by atoms with Gasteiger partial charge < -0.3 is 0 Å². The molecule has 0 aliphatic carbocycles. The minimum atomic E-state index is -4.71. The van der Waals surface area contributed by atoms with Crippen LogP contribution in [0.5, 0.6) is 0 Å². The van der Waals surface area contributed by atoms with Gasteiger partial charge in [0, 0.05) is 30.8 Å². The largest absolute Gasteiger partial charge is 0.451 e. The SMILES string of the molecule is C[C@H]1[C@H](F)C[C@@H](C(=O)CCc2cc(-c3cnc(C(F)(F)F)nc3)ccc2C#N)N1S(=O)(=O)c1ccc(F)cn1. The Balaban J connectivity index is 1.56. The zero-order chi connectivity index (χ0) is 28.5. The summed E-state index contributed by atoms with van der Waals surface area (Å²) in [5.74, 6) is -2.67. The number of sulfonamides is 1. The summed E-state index contributed by atoms with van der Waals surface area (Å²) in [6.45, 7) is 1.32. The molecule has 4 rings (SSSR count). The Morgan fingerprint density at radius 2 is 1.79 bits per heavy atom. The van der Waals surface area contributed by atoms with E-state index in [4.69, 9.17) is 0 Å². The van der Waals surface area contributed by atoms with Crippen LogP contribution in [0.1, 0.15) is 36.7 Å². The van der Waals surface area contributed by atoms with E-state index in [9.17, 15) is 40.4 Å². The van der Waals surface area contributed by atoms with Crippen LogP contribution in [0.2, 0.25) is 0 Å². The fourth-order valence-corrected chi connectivity index (χ4v) is 6.13. The van der Waals surface area contributed by atoms with E-state index in [1.807, 2.05) is 6.07 Å². The second-order valence-electron chi connectivity index (χ2n) is 8.90. The lowest BCUT2D eigenvalue weighted by Gasteiger charge is -2.26. The first-order valence-corrected chi connectivity index (χ1v) is 13.0. The van der Waals surface area contributed by atoms with Crippen LogP contribution < -0.4 is 0 Å². The van der Waals surface area contributed by atoms with E-state index in [1.165, 1.54) is 25.1 Å². The van der Waals surface area contributed by atoms with Crippen molar-refractivity contribution in [3.8, 4) is 17.2 Å². The van der Waals surface area contributed by atoms with Crippen LogP contribution in [0.15, 0.2) is 53.9 Å². The van der Waals surface area contributed by atoms with Crippen LogP contribution in [-0.2, 0) is 27.4 Å². The van der Waals surface area contributed by atoms with Gasteiger partial charge in [0.15, 0.2) is 10.8 Å². The smallest absolute Gasteiger partial charge is 0.298 e. The molecule has 0 saturated carbocycles. The first kappa shape index (κ1) is 28.2. The Morgan fingerprint density at radius 1 is 1.10 bits per heavy atom. The fraction of sp³-hybridized carbons (Fsp3) is 0.320. The van der Waals surface area contributed by atoms with E-state index >= 15 is 0 Å². The van der Waals surface area contributed by atoms with Crippen molar-refractivity contribution in [3.63, 3.8) is 0 Å². The summed E-state index contributed by atoms with van der Waals surface area (Å²) in [5.41, 5.74) is 1.22. The van der Waals surface area contributed by atoms with Crippen LogP contribution in [0, 0.1) is 17.1 Å². The third kappa shape index (κ3) is 5.79. The highest BCUT2D eigenvalue weighted by Crippen LogP contribution is 2.34. The summed E-state index contributed by atoms with van der Waals surface area (Å²) >= 11 is 0. The molecule has 1 saturated heterocycles. The number of carbonyl (C=O) groups is 1. The van der Waals surface area contributed by atoms with E-state index < -0.39 is 56.9 Å². The number of Topliss-reactive ketones (excluding diaryl/α,β-unsaturated/α-hetero) is 1. The van der Waals surface area contributed by atoms with Crippen molar-refractivity contribution in [3.05, 3.63) is 71.7 Å². The molecule has 3 aromatic rings. The highest BCUT2D eigenvalue weighted by molar-refractivity contribution is 7.89. The highest BCUT2D eigenvalue weighted by atomic mass is 32.2. The molecule has 0 amide bonds. The van der Waals surface area contributed by atoms with Crippen molar-refractivity contribution < 1.29 is 35.2 Å². The molecule has 0 N–H and O–H groups in total. The number of carbonyl (C=O) groups excluding carboxylic acids is 1. The van der Waals surface area contributed by atoms with Crippen LogP contribution in [0.3, 0.4) is 0 Å². The topological polar surface area (TPSA) is 117 Å². The van der Waals surface area contributed by atoms with E-state index in [2.05, 4.69) is 15.0 Å². The number of nitriles is 1. The van der Waals surface area contributed by atoms with Gasteiger partial charge in [-0.15, -0.1) is 0 Å². The van der Waals surface area contributed by atoms with Gasteiger partial charge in [-0.05, 0) is 48.7 Å². The number of halogens is 5. The summed E-state index contributed by atoms with van der Waals surface area (Å²) in [6.07, 6.45) is -4.33. The zero-order valence-corrected chi connectivity index (χ0v) is 21.0. The molecule has 0 bridgehead atoms. The standard InChI is InChI=1S/C25H20F5N5O3S/c1-14-20(27)9-21(35(14)39(37,38)23-7-5-19(26)13-32-23)22(36)6-4-15-8-16(2-3-17(15)10-31)18-11-33-24(34-12-18)25(28,29)30/h2-3,5,7-8,11-14,20-21H,4,6,9H2,1H3/t14-,20+,21-/m0/s1.